The second kappa shape index (κ2) is 9.73. The number of benzene rings is 2. The van der Waals surface area contributed by atoms with Gasteiger partial charge >= 0.3 is 6.18 Å². The zero-order valence-corrected chi connectivity index (χ0v) is 18.7. The Bertz CT molecular complexity index is 949. The fourth-order valence-corrected chi connectivity index (χ4v) is 6.06. The first-order valence-corrected chi connectivity index (χ1v) is 11.7. The molecule has 0 N–H and O–H groups in total. The van der Waals surface area contributed by atoms with Crippen LogP contribution < -0.4 is 0 Å². The lowest BCUT2D eigenvalue weighted by molar-refractivity contribution is -0.137. The summed E-state index contributed by atoms with van der Waals surface area (Å²) >= 11 is 7.27. The number of thioether (sulfide) groups is 1. The van der Waals surface area contributed by atoms with E-state index in [4.69, 9.17) is 11.6 Å². The summed E-state index contributed by atoms with van der Waals surface area (Å²) in [4.78, 5) is 0.792. The molecule has 1 unspecified atom stereocenters. The maximum atomic E-state index is 13.1. The predicted molar refractivity (Wildman–Crippen MR) is 112 cm³/mol. The largest absolute Gasteiger partial charge is 0.417 e. The van der Waals surface area contributed by atoms with Gasteiger partial charge in [0.05, 0.1) is 15.5 Å². The molecular weight excluding hydrogens is 443 g/mol. The van der Waals surface area contributed by atoms with Gasteiger partial charge in [0.25, 0.3) is 0 Å². The van der Waals surface area contributed by atoms with Crippen LogP contribution in [0.4, 0.5) is 13.2 Å². The van der Waals surface area contributed by atoms with E-state index in [9.17, 15) is 21.6 Å². The van der Waals surface area contributed by atoms with E-state index in [1.165, 1.54) is 4.31 Å². The molecule has 1 atom stereocenters. The van der Waals surface area contributed by atoms with Crippen molar-refractivity contribution >= 4 is 33.4 Å². The molecular formula is C20H23ClF3NO2S2. The summed E-state index contributed by atoms with van der Waals surface area (Å²) in [6.07, 6.45) is -4.06. The summed E-state index contributed by atoms with van der Waals surface area (Å²) in [6.45, 7) is 6.25. The minimum atomic E-state index is -4.64. The molecule has 2 aromatic rings. The second-order valence-electron chi connectivity index (χ2n) is 6.75. The van der Waals surface area contributed by atoms with Gasteiger partial charge in [-0.1, -0.05) is 43.1 Å². The highest BCUT2D eigenvalue weighted by Gasteiger charge is 2.34. The topological polar surface area (TPSA) is 37.4 Å². The molecule has 0 fully saturated rings. The lowest BCUT2D eigenvalue weighted by Gasteiger charge is -2.25. The molecule has 0 aromatic heterocycles. The van der Waals surface area contributed by atoms with Crippen LogP contribution in [0.2, 0.25) is 5.02 Å². The number of sulfonamides is 1. The molecule has 160 valence electrons. The van der Waals surface area contributed by atoms with Crippen molar-refractivity contribution in [1.82, 2.24) is 4.31 Å². The molecule has 29 heavy (non-hydrogen) atoms. The van der Waals surface area contributed by atoms with E-state index >= 15 is 0 Å². The highest BCUT2D eigenvalue weighted by atomic mass is 35.5. The van der Waals surface area contributed by atoms with Crippen molar-refractivity contribution in [1.29, 1.82) is 0 Å². The van der Waals surface area contributed by atoms with Crippen molar-refractivity contribution in [2.75, 3.05) is 13.1 Å². The molecule has 0 aliphatic carbocycles. The van der Waals surface area contributed by atoms with Gasteiger partial charge in [0.15, 0.2) is 0 Å². The number of aryl methyl sites for hydroxylation is 1. The van der Waals surface area contributed by atoms with E-state index in [1.54, 1.807) is 11.8 Å². The van der Waals surface area contributed by atoms with Crippen molar-refractivity contribution in [2.24, 2.45) is 0 Å². The Balaban J connectivity index is 2.25. The first-order valence-electron chi connectivity index (χ1n) is 9.05. The van der Waals surface area contributed by atoms with Crippen LogP contribution in [0.3, 0.4) is 0 Å². The highest BCUT2D eigenvalue weighted by Crippen LogP contribution is 2.36. The second-order valence-corrected chi connectivity index (χ2v) is 10.6. The Kier molecular flexibility index (Phi) is 8.07. The van der Waals surface area contributed by atoms with Gasteiger partial charge in [-0.2, -0.15) is 17.5 Å². The van der Waals surface area contributed by atoms with Gasteiger partial charge in [-0.05, 0) is 43.7 Å². The summed E-state index contributed by atoms with van der Waals surface area (Å²) in [5, 5.41) is -0.680. The SMILES string of the molecule is CCCN(CC(C)Sc1cccc(C)c1)S(=O)(=O)c1ccc(C(F)(F)F)c(Cl)c1. The minimum absolute atomic E-state index is 0.0527. The molecule has 0 aliphatic rings. The Hall–Kier alpha value is -1.22. The summed E-state index contributed by atoms with van der Waals surface area (Å²) in [5.74, 6) is 0. The van der Waals surface area contributed by atoms with Crippen LogP contribution in [0.15, 0.2) is 52.3 Å². The van der Waals surface area contributed by atoms with Crippen LogP contribution in [0.5, 0.6) is 0 Å². The number of alkyl halides is 3. The third-order valence-electron chi connectivity index (χ3n) is 4.14. The van der Waals surface area contributed by atoms with E-state index in [2.05, 4.69) is 0 Å². The number of nitrogens with zero attached hydrogens (tertiary/aromatic N) is 1. The normalized spacial score (nSPS) is 13.7. The summed E-state index contributed by atoms with van der Waals surface area (Å²) < 4.78 is 66.2. The number of hydrogen-bond acceptors (Lipinski definition) is 3. The highest BCUT2D eigenvalue weighted by molar-refractivity contribution is 8.00. The van der Waals surface area contributed by atoms with Crippen LogP contribution in [0.25, 0.3) is 0 Å². The van der Waals surface area contributed by atoms with Gasteiger partial charge < -0.3 is 0 Å². The van der Waals surface area contributed by atoms with E-state index in [0.717, 1.165) is 22.6 Å². The van der Waals surface area contributed by atoms with Crippen LogP contribution >= 0.6 is 23.4 Å². The van der Waals surface area contributed by atoms with Crippen molar-refractivity contribution in [3.8, 4) is 0 Å². The first-order chi connectivity index (χ1) is 13.4. The van der Waals surface area contributed by atoms with E-state index < -0.39 is 26.8 Å². The molecule has 2 aromatic carbocycles. The maximum absolute atomic E-state index is 13.1. The Labute approximate surface area is 179 Å². The van der Waals surface area contributed by atoms with Gasteiger partial charge in [0.2, 0.25) is 10.0 Å². The molecule has 0 aliphatic heterocycles. The van der Waals surface area contributed by atoms with Gasteiger partial charge in [0.1, 0.15) is 0 Å². The number of hydrogen-bond donors (Lipinski definition) is 0. The molecule has 3 nitrogen and oxygen atoms in total. The van der Waals surface area contributed by atoms with Gasteiger partial charge in [-0.3, -0.25) is 0 Å². The molecule has 2 rings (SSSR count). The van der Waals surface area contributed by atoms with Gasteiger partial charge in [0, 0.05) is 23.2 Å². The lowest BCUT2D eigenvalue weighted by Crippen LogP contribution is -2.36. The van der Waals surface area contributed by atoms with Crippen LogP contribution in [-0.4, -0.2) is 31.1 Å². The fraction of sp³-hybridized carbons (Fsp3) is 0.400. The van der Waals surface area contributed by atoms with E-state index in [0.29, 0.717) is 12.5 Å². The third kappa shape index (κ3) is 6.38. The molecule has 0 heterocycles. The molecule has 0 saturated heterocycles. The smallest absolute Gasteiger partial charge is 0.207 e. The van der Waals surface area contributed by atoms with Crippen molar-refractivity contribution in [3.05, 3.63) is 58.6 Å². The van der Waals surface area contributed by atoms with Crippen LogP contribution in [-0.2, 0) is 16.2 Å². The number of rotatable bonds is 8. The first kappa shape index (κ1) is 24.1. The average molecular weight is 466 g/mol. The average Bonchev–Trinajstić information content (AvgIpc) is 2.60. The van der Waals surface area contributed by atoms with Crippen LogP contribution in [0, 0.1) is 6.92 Å². The Morgan fingerprint density at radius 3 is 2.41 bits per heavy atom. The minimum Gasteiger partial charge on any atom is -0.207 e. The molecule has 9 heteroatoms. The summed E-state index contributed by atoms with van der Waals surface area (Å²) in [5.41, 5.74) is 0.0585. The van der Waals surface area contributed by atoms with Crippen molar-refractivity contribution in [3.63, 3.8) is 0 Å². The Morgan fingerprint density at radius 2 is 1.86 bits per heavy atom. The van der Waals surface area contributed by atoms with Crippen LogP contribution in [0.1, 0.15) is 31.4 Å². The van der Waals surface area contributed by atoms with Crippen molar-refractivity contribution < 1.29 is 21.6 Å². The standard InChI is InChI=1S/C20H23ClF3NO2S2/c1-4-10-25(13-15(3)28-16-7-5-6-14(2)11-16)29(26,27)17-8-9-18(19(21)12-17)20(22,23)24/h5-9,11-12,15H,4,10,13H2,1-3H3. The summed E-state index contributed by atoms with van der Waals surface area (Å²) in [6, 6.07) is 10.5. The van der Waals surface area contributed by atoms with E-state index in [1.807, 2.05) is 45.0 Å². The monoisotopic (exact) mass is 465 g/mol. The quantitative estimate of drug-likeness (QED) is 0.432. The van der Waals surface area contributed by atoms with Gasteiger partial charge in [-0.15, -0.1) is 11.8 Å². The fourth-order valence-electron chi connectivity index (χ4n) is 2.84. The molecule has 0 saturated carbocycles. The lowest BCUT2D eigenvalue weighted by atomic mass is 10.2. The van der Waals surface area contributed by atoms with Gasteiger partial charge in [-0.25, -0.2) is 8.42 Å². The summed E-state index contributed by atoms with van der Waals surface area (Å²) in [7, 11) is -3.98. The predicted octanol–water partition coefficient (Wildman–Crippen LogP) is 6.25. The zero-order chi connectivity index (χ0) is 21.8. The van der Waals surface area contributed by atoms with E-state index in [-0.39, 0.29) is 23.2 Å². The molecule has 0 radical (unpaired) electrons. The molecule has 0 spiro atoms. The third-order valence-corrected chi connectivity index (χ3v) is 7.40. The Morgan fingerprint density at radius 1 is 1.17 bits per heavy atom. The molecule has 0 bridgehead atoms. The maximum Gasteiger partial charge on any atom is 0.417 e. The van der Waals surface area contributed by atoms with Crippen molar-refractivity contribution in [2.45, 2.75) is 48.4 Å². The molecule has 0 amide bonds. The zero-order valence-electron chi connectivity index (χ0n) is 16.3. The number of halogens is 4.